The van der Waals surface area contributed by atoms with Crippen molar-refractivity contribution in [1.29, 1.82) is 0 Å². The zero-order valence-electron chi connectivity index (χ0n) is 9.83. The summed E-state index contributed by atoms with van der Waals surface area (Å²) >= 11 is 10.9. The predicted octanol–water partition coefficient (Wildman–Crippen LogP) is 2.35. The van der Waals surface area contributed by atoms with Crippen LogP contribution in [0.3, 0.4) is 0 Å². The molecule has 1 saturated carbocycles. The number of rotatable bonds is 4. The van der Waals surface area contributed by atoms with Gasteiger partial charge in [0.2, 0.25) is 5.91 Å². The number of methoxy groups -OCH3 is 1. The second-order valence-electron chi connectivity index (χ2n) is 4.25. The Morgan fingerprint density at radius 2 is 2.22 bits per heavy atom. The number of anilines is 1. The highest BCUT2D eigenvalue weighted by Gasteiger charge is 2.52. The van der Waals surface area contributed by atoms with E-state index in [2.05, 4.69) is 5.32 Å². The molecule has 1 aromatic rings. The number of hydrogen-bond donors (Lipinski definition) is 2. The van der Waals surface area contributed by atoms with Gasteiger partial charge in [-0.15, -0.1) is 0 Å². The maximum Gasteiger partial charge on any atom is 0.237 e. The molecule has 6 heteroatoms. The molecule has 0 saturated heterocycles. The zero-order valence-corrected chi connectivity index (χ0v) is 11.4. The van der Waals surface area contributed by atoms with Gasteiger partial charge in [-0.2, -0.15) is 0 Å². The lowest BCUT2D eigenvalue weighted by atomic mass is 10.1. The van der Waals surface area contributed by atoms with Crippen molar-refractivity contribution >= 4 is 40.4 Å². The van der Waals surface area contributed by atoms with Crippen LogP contribution in [0.4, 0.5) is 5.69 Å². The van der Waals surface area contributed by atoms with Crippen LogP contribution >= 0.6 is 23.8 Å². The first-order valence-corrected chi connectivity index (χ1v) is 6.23. The van der Waals surface area contributed by atoms with Crippen molar-refractivity contribution in [1.82, 2.24) is 0 Å². The van der Waals surface area contributed by atoms with E-state index in [0.29, 0.717) is 29.3 Å². The molecule has 0 radical (unpaired) electrons. The van der Waals surface area contributed by atoms with E-state index in [4.69, 9.17) is 34.3 Å². The van der Waals surface area contributed by atoms with E-state index in [1.807, 2.05) is 0 Å². The molecule has 4 nitrogen and oxygen atoms in total. The Balaban J connectivity index is 2.19. The third-order valence-electron chi connectivity index (χ3n) is 3.08. The molecule has 1 aliphatic carbocycles. The van der Waals surface area contributed by atoms with Crippen LogP contribution in [0.5, 0.6) is 5.75 Å². The van der Waals surface area contributed by atoms with Crippen molar-refractivity contribution in [2.45, 2.75) is 12.8 Å². The number of carbonyl (C=O) groups excluding carboxylic acids is 1. The summed E-state index contributed by atoms with van der Waals surface area (Å²) < 4.78 is 5.08. The van der Waals surface area contributed by atoms with Gasteiger partial charge in [-0.05, 0) is 25.0 Å². The minimum Gasteiger partial charge on any atom is -0.497 e. The number of thiocarbonyl (C=S) groups is 1. The second kappa shape index (κ2) is 4.74. The van der Waals surface area contributed by atoms with Crippen LogP contribution in [0, 0.1) is 5.41 Å². The standard InChI is InChI=1S/C12H13ClN2O2S/c1-17-7-2-3-8(13)9(6-7)15-11(16)12(4-5-12)10(14)18/h2-3,6H,4-5H2,1H3,(H2,14,18)(H,15,16). The Morgan fingerprint density at radius 1 is 1.56 bits per heavy atom. The Hall–Kier alpha value is -1.33. The van der Waals surface area contributed by atoms with E-state index in [-0.39, 0.29) is 10.9 Å². The molecule has 0 bridgehead atoms. The lowest BCUT2D eigenvalue weighted by Crippen LogP contribution is -2.35. The van der Waals surface area contributed by atoms with Crippen molar-refractivity contribution in [3.05, 3.63) is 23.2 Å². The van der Waals surface area contributed by atoms with Gasteiger partial charge in [0, 0.05) is 6.07 Å². The van der Waals surface area contributed by atoms with Gasteiger partial charge < -0.3 is 15.8 Å². The highest BCUT2D eigenvalue weighted by atomic mass is 35.5. The van der Waals surface area contributed by atoms with Crippen LogP contribution in [0.15, 0.2) is 18.2 Å². The average Bonchev–Trinajstić information content (AvgIpc) is 3.13. The van der Waals surface area contributed by atoms with Crippen molar-refractivity contribution in [3.8, 4) is 5.75 Å². The van der Waals surface area contributed by atoms with Crippen molar-refractivity contribution in [2.75, 3.05) is 12.4 Å². The van der Waals surface area contributed by atoms with Crippen LogP contribution < -0.4 is 15.8 Å². The summed E-state index contributed by atoms with van der Waals surface area (Å²) in [5.74, 6) is 0.417. The molecule has 2 rings (SSSR count). The van der Waals surface area contributed by atoms with Crippen LogP contribution in [0.25, 0.3) is 0 Å². The van der Waals surface area contributed by atoms with Crippen LogP contribution in [-0.2, 0) is 4.79 Å². The number of ether oxygens (including phenoxy) is 1. The molecule has 0 atom stereocenters. The fraction of sp³-hybridized carbons (Fsp3) is 0.333. The van der Waals surface area contributed by atoms with Gasteiger partial charge in [0.15, 0.2) is 0 Å². The van der Waals surface area contributed by atoms with E-state index < -0.39 is 5.41 Å². The summed E-state index contributed by atoms with van der Waals surface area (Å²) in [7, 11) is 1.55. The number of hydrogen-bond acceptors (Lipinski definition) is 3. The monoisotopic (exact) mass is 284 g/mol. The molecule has 1 aliphatic rings. The van der Waals surface area contributed by atoms with Crippen LogP contribution in [0.2, 0.25) is 5.02 Å². The Kier molecular flexibility index (Phi) is 3.45. The molecule has 0 spiro atoms. The van der Waals surface area contributed by atoms with Crippen LogP contribution in [0.1, 0.15) is 12.8 Å². The van der Waals surface area contributed by atoms with Crippen molar-refractivity contribution < 1.29 is 9.53 Å². The van der Waals surface area contributed by atoms with Gasteiger partial charge >= 0.3 is 0 Å². The van der Waals surface area contributed by atoms with E-state index in [1.165, 1.54) is 0 Å². The fourth-order valence-corrected chi connectivity index (χ4v) is 2.14. The number of benzene rings is 1. The number of nitrogens with two attached hydrogens (primary N) is 1. The Bertz CT molecular complexity index is 515. The molecule has 0 unspecified atom stereocenters. The van der Waals surface area contributed by atoms with Gasteiger partial charge in [-0.3, -0.25) is 4.79 Å². The third kappa shape index (κ3) is 2.28. The van der Waals surface area contributed by atoms with E-state index in [9.17, 15) is 4.79 Å². The summed E-state index contributed by atoms with van der Waals surface area (Å²) in [6.07, 6.45) is 1.38. The molecule has 18 heavy (non-hydrogen) atoms. The van der Waals surface area contributed by atoms with Crippen molar-refractivity contribution in [2.24, 2.45) is 11.1 Å². The van der Waals surface area contributed by atoms with Gasteiger partial charge in [0.1, 0.15) is 5.75 Å². The number of nitrogens with one attached hydrogen (secondary N) is 1. The topological polar surface area (TPSA) is 64.3 Å². The first kappa shape index (κ1) is 13.1. The largest absolute Gasteiger partial charge is 0.497 e. The average molecular weight is 285 g/mol. The Morgan fingerprint density at radius 3 is 2.72 bits per heavy atom. The lowest BCUT2D eigenvalue weighted by molar-refractivity contribution is -0.118. The van der Waals surface area contributed by atoms with E-state index in [0.717, 1.165) is 0 Å². The highest BCUT2D eigenvalue weighted by molar-refractivity contribution is 7.80. The minimum absolute atomic E-state index is 0.204. The number of amides is 1. The summed E-state index contributed by atoms with van der Waals surface area (Å²) in [6.45, 7) is 0. The van der Waals surface area contributed by atoms with E-state index >= 15 is 0 Å². The molecular weight excluding hydrogens is 272 g/mol. The molecule has 0 aliphatic heterocycles. The van der Waals surface area contributed by atoms with Crippen LogP contribution in [-0.4, -0.2) is 18.0 Å². The van der Waals surface area contributed by atoms with E-state index in [1.54, 1.807) is 25.3 Å². The second-order valence-corrected chi connectivity index (χ2v) is 5.09. The molecule has 0 aromatic heterocycles. The lowest BCUT2D eigenvalue weighted by Gasteiger charge is -2.15. The first-order chi connectivity index (χ1) is 8.49. The summed E-state index contributed by atoms with van der Waals surface area (Å²) in [4.78, 5) is 12.3. The fourth-order valence-electron chi connectivity index (χ4n) is 1.68. The zero-order chi connectivity index (χ0) is 13.3. The predicted molar refractivity (Wildman–Crippen MR) is 75.1 cm³/mol. The van der Waals surface area contributed by atoms with Gasteiger partial charge in [0.05, 0.1) is 28.2 Å². The molecule has 0 heterocycles. The number of carbonyl (C=O) groups is 1. The summed E-state index contributed by atoms with van der Waals surface area (Å²) in [5.41, 5.74) is 5.40. The molecule has 1 fully saturated rings. The van der Waals surface area contributed by atoms with Crippen molar-refractivity contribution in [3.63, 3.8) is 0 Å². The normalized spacial score (nSPS) is 15.9. The SMILES string of the molecule is COc1ccc(Cl)c(NC(=O)C2(C(N)=S)CC2)c1. The molecular formula is C12H13ClN2O2S. The molecule has 96 valence electrons. The summed E-state index contributed by atoms with van der Waals surface area (Å²) in [5, 5.41) is 3.20. The molecule has 3 N–H and O–H groups in total. The Labute approximate surface area is 115 Å². The smallest absolute Gasteiger partial charge is 0.237 e. The highest BCUT2D eigenvalue weighted by Crippen LogP contribution is 2.47. The quantitative estimate of drug-likeness (QED) is 0.833. The summed E-state index contributed by atoms with van der Waals surface area (Å²) in [6, 6.07) is 5.05. The number of halogens is 1. The van der Waals surface area contributed by atoms with Gasteiger partial charge in [0.25, 0.3) is 0 Å². The maximum absolute atomic E-state index is 12.1. The maximum atomic E-state index is 12.1. The molecule has 1 amide bonds. The third-order valence-corrected chi connectivity index (χ3v) is 3.80. The molecule has 1 aromatic carbocycles. The first-order valence-electron chi connectivity index (χ1n) is 5.44. The minimum atomic E-state index is -0.693. The van der Waals surface area contributed by atoms with Gasteiger partial charge in [-0.25, -0.2) is 0 Å². The van der Waals surface area contributed by atoms with Gasteiger partial charge in [-0.1, -0.05) is 23.8 Å².